The number of phenolic OH excluding ortho intramolecular Hbond substituents is 1. The molecule has 0 saturated heterocycles. The maximum atomic E-state index is 13.1. The summed E-state index contributed by atoms with van der Waals surface area (Å²) in [4.78, 5) is 17.8. The van der Waals surface area contributed by atoms with Crippen molar-refractivity contribution >= 4 is 22.5 Å². The second-order valence-electron chi connectivity index (χ2n) is 6.84. The van der Waals surface area contributed by atoms with Crippen LogP contribution in [-0.4, -0.2) is 21.7 Å². The van der Waals surface area contributed by atoms with Crippen LogP contribution in [0.3, 0.4) is 0 Å². The largest absolute Gasteiger partial charge is 0.508 e. The fourth-order valence-electron chi connectivity index (χ4n) is 3.30. The average Bonchev–Trinajstić information content (AvgIpc) is 2.80. The molecule has 1 amide bonds. The van der Waals surface area contributed by atoms with Gasteiger partial charge in [-0.1, -0.05) is 55.5 Å². The average molecular weight is 395 g/mol. The molecule has 3 aromatic carbocycles. The van der Waals surface area contributed by atoms with Crippen molar-refractivity contribution < 1.29 is 9.90 Å². The number of pyridine rings is 1. The van der Waals surface area contributed by atoms with Gasteiger partial charge < -0.3 is 5.11 Å². The summed E-state index contributed by atoms with van der Waals surface area (Å²) in [6, 6.07) is 25.9. The number of amides is 1. The van der Waals surface area contributed by atoms with Gasteiger partial charge in [0.2, 0.25) is 0 Å². The molecular formula is C25H21N3O2. The SMILES string of the molecule is CCC(=NNC(=O)c1cc(-c2ccccc2)nc2ccccc12)c1ccc(O)cc1. The van der Waals surface area contributed by atoms with Crippen LogP contribution in [-0.2, 0) is 0 Å². The van der Waals surface area contributed by atoms with Gasteiger partial charge in [0.15, 0.2) is 0 Å². The third-order valence-electron chi connectivity index (χ3n) is 4.86. The number of phenols is 1. The lowest BCUT2D eigenvalue weighted by atomic mass is 10.0. The first kappa shape index (κ1) is 19.3. The quantitative estimate of drug-likeness (QED) is 0.362. The molecule has 4 aromatic rings. The molecule has 5 nitrogen and oxygen atoms in total. The highest BCUT2D eigenvalue weighted by molar-refractivity contribution is 6.08. The number of aromatic nitrogens is 1. The Morgan fingerprint density at radius 1 is 0.967 bits per heavy atom. The Balaban J connectivity index is 1.71. The van der Waals surface area contributed by atoms with Crippen LogP contribution in [0.4, 0.5) is 0 Å². The molecule has 2 N–H and O–H groups in total. The maximum absolute atomic E-state index is 13.1. The predicted molar refractivity (Wildman–Crippen MR) is 120 cm³/mol. The van der Waals surface area contributed by atoms with Crippen molar-refractivity contribution in [3.63, 3.8) is 0 Å². The summed E-state index contributed by atoms with van der Waals surface area (Å²) < 4.78 is 0. The van der Waals surface area contributed by atoms with Crippen molar-refractivity contribution in [1.29, 1.82) is 0 Å². The molecule has 5 heteroatoms. The summed E-state index contributed by atoms with van der Waals surface area (Å²) in [7, 11) is 0. The van der Waals surface area contributed by atoms with Crippen molar-refractivity contribution in [1.82, 2.24) is 10.4 Å². The van der Waals surface area contributed by atoms with Crippen LogP contribution in [0.1, 0.15) is 29.3 Å². The second-order valence-corrected chi connectivity index (χ2v) is 6.84. The summed E-state index contributed by atoms with van der Waals surface area (Å²) in [6.07, 6.45) is 0.636. The van der Waals surface area contributed by atoms with Crippen molar-refractivity contribution in [2.24, 2.45) is 5.10 Å². The number of nitrogens with zero attached hydrogens (tertiary/aromatic N) is 2. The zero-order chi connectivity index (χ0) is 20.9. The number of hydrazone groups is 1. The van der Waals surface area contributed by atoms with Crippen LogP contribution in [0.15, 0.2) is 90.0 Å². The highest BCUT2D eigenvalue weighted by Gasteiger charge is 2.14. The first-order valence-electron chi connectivity index (χ1n) is 9.77. The fraction of sp³-hybridized carbons (Fsp3) is 0.0800. The van der Waals surface area contributed by atoms with Crippen LogP contribution in [0.5, 0.6) is 5.75 Å². The van der Waals surface area contributed by atoms with E-state index >= 15 is 0 Å². The van der Waals surface area contributed by atoms with E-state index in [-0.39, 0.29) is 11.7 Å². The van der Waals surface area contributed by atoms with Crippen LogP contribution in [0.2, 0.25) is 0 Å². The lowest BCUT2D eigenvalue weighted by Crippen LogP contribution is -2.20. The summed E-state index contributed by atoms with van der Waals surface area (Å²) in [6.45, 7) is 1.97. The number of para-hydroxylation sites is 1. The minimum atomic E-state index is -0.296. The first-order chi connectivity index (χ1) is 14.7. The Labute approximate surface area is 174 Å². The lowest BCUT2D eigenvalue weighted by molar-refractivity contribution is 0.0956. The Bertz CT molecular complexity index is 1220. The molecule has 0 radical (unpaired) electrons. The number of carbonyl (C=O) groups excluding carboxylic acids is 1. The molecule has 0 atom stereocenters. The minimum Gasteiger partial charge on any atom is -0.508 e. The molecule has 1 heterocycles. The van der Waals surface area contributed by atoms with Gasteiger partial charge in [-0.3, -0.25) is 4.79 Å². The van der Waals surface area contributed by atoms with Gasteiger partial charge in [-0.15, -0.1) is 0 Å². The normalized spacial score (nSPS) is 11.4. The molecule has 4 rings (SSSR count). The highest BCUT2D eigenvalue weighted by Crippen LogP contribution is 2.24. The molecule has 0 aliphatic carbocycles. The third kappa shape index (κ3) is 4.05. The van der Waals surface area contributed by atoms with Gasteiger partial charge in [-0.05, 0) is 48.4 Å². The molecule has 0 aliphatic rings. The lowest BCUT2D eigenvalue weighted by Gasteiger charge is -2.10. The first-order valence-corrected chi connectivity index (χ1v) is 9.77. The van der Waals surface area contributed by atoms with E-state index in [4.69, 9.17) is 4.98 Å². The van der Waals surface area contributed by atoms with Crippen LogP contribution >= 0.6 is 0 Å². The van der Waals surface area contributed by atoms with E-state index in [9.17, 15) is 9.90 Å². The molecule has 0 spiro atoms. The standard InChI is InChI=1S/C25H21N3O2/c1-2-22(18-12-14-19(29)15-13-18)27-28-25(30)21-16-24(17-8-4-3-5-9-17)26-23-11-7-6-10-20(21)23/h3-16,29H,2H2,1H3,(H,28,30). The molecule has 0 unspecified atom stereocenters. The number of fused-ring (bicyclic) bond motifs is 1. The number of benzene rings is 3. The van der Waals surface area contributed by atoms with Gasteiger partial charge in [-0.2, -0.15) is 5.10 Å². The number of hydrogen-bond acceptors (Lipinski definition) is 4. The van der Waals surface area contributed by atoms with E-state index in [1.54, 1.807) is 30.3 Å². The minimum absolute atomic E-state index is 0.190. The van der Waals surface area contributed by atoms with Crippen molar-refractivity contribution in [2.75, 3.05) is 0 Å². The molecule has 30 heavy (non-hydrogen) atoms. The van der Waals surface area contributed by atoms with Crippen molar-refractivity contribution in [2.45, 2.75) is 13.3 Å². The Morgan fingerprint density at radius 2 is 1.67 bits per heavy atom. The zero-order valence-electron chi connectivity index (χ0n) is 16.5. The van der Waals surface area contributed by atoms with Gasteiger partial charge in [0.05, 0.1) is 22.5 Å². The smallest absolute Gasteiger partial charge is 0.272 e. The number of rotatable bonds is 5. The van der Waals surface area contributed by atoms with E-state index in [0.29, 0.717) is 12.0 Å². The molecule has 148 valence electrons. The summed E-state index contributed by atoms with van der Waals surface area (Å²) in [5, 5.41) is 14.6. The van der Waals surface area contributed by atoms with Gasteiger partial charge >= 0.3 is 0 Å². The molecule has 0 fully saturated rings. The van der Waals surface area contributed by atoms with Crippen molar-refractivity contribution in [3.8, 4) is 17.0 Å². The maximum Gasteiger partial charge on any atom is 0.272 e. The summed E-state index contributed by atoms with van der Waals surface area (Å²) in [5.41, 5.74) is 7.21. The summed E-state index contributed by atoms with van der Waals surface area (Å²) in [5.74, 6) is -0.106. The van der Waals surface area contributed by atoms with E-state index in [0.717, 1.165) is 33.4 Å². The van der Waals surface area contributed by atoms with Crippen LogP contribution in [0, 0.1) is 0 Å². The Morgan fingerprint density at radius 3 is 2.40 bits per heavy atom. The summed E-state index contributed by atoms with van der Waals surface area (Å²) >= 11 is 0. The molecule has 0 bridgehead atoms. The van der Waals surface area contributed by atoms with Gasteiger partial charge in [-0.25, -0.2) is 10.4 Å². The molecule has 0 saturated carbocycles. The monoisotopic (exact) mass is 395 g/mol. The zero-order valence-corrected chi connectivity index (χ0v) is 16.5. The highest BCUT2D eigenvalue weighted by atomic mass is 16.3. The molecule has 0 aliphatic heterocycles. The Kier molecular flexibility index (Phi) is 5.52. The van der Waals surface area contributed by atoms with E-state index < -0.39 is 0 Å². The van der Waals surface area contributed by atoms with Crippen LogP contribution in [0.25, 0.3) is 22.2 Å². The van der Waals surface area contributed by atoms with Crippen LogP contribution < -0.4 is 5.43 Å². The Hall–Kier alpha value is -3.99. The third-order valence-corrected chi connectivity index (χ3v) is 4.86. The molecule has 1 aromatic heterocycles. The van der Waals surface area contributed by atoms with E-state index in [1.165, 1.54) is 0 Å². The van der Waals surface area contributed by atoms with Gasteiger partial charge in [0.25, 0.3) is 5.91 Å². The topological polar surface area (TPSA) is 74.6 Å². The van der Waals surface area contributed by atoms with Gasteiger partial charge in [0.1, 0.15) is 5.75 Å². The number of aromatic hydroxyl groups is 1. The van der Waals surface area contributed by atoms with E-state index in [2.05, 4.69) is 10.5 Å². The van der Waals surface area contributed by atoms with Crippen molar-refractivity contribution in [3.05, 3.63) is 96.1 Å². The molecular weight excluding hydrogens is 374 g/mol. The number of hydrogen-bond donors (Lipinski definition) is 2. The van der Waals surface area contributed by atoms with E-state index in [1.807, 2.05) is 61.5 Å². The second kappa shape index (κ2) is 8.57. The fourth-order valence-corrected chi connectivity index (χ4v) is 3.30. The van der Waals surface area contributed by atoms with Gasteiger partial charge in [0, 0.05) is 10.9 Å². The number of carbonyl (C=O) groups is 1. The number of nitrogens with one attached hydrogen (secondary N) is 1. The predicted octanol–water partition coefficient (Wildman–Crippen LogP) is 5.15.